The first-order valence-electron chi connectivity index (χ1n) is 9.16. The van der Waals surface area contributed by atoms with Crippen molar-refractivity contribution < 1.29 is 18.0 Å². The Morgan fingerprint density at radius 2 is 1.73 bits per heavy atom. The molecule has 0 aliphatic carbocycles. The van der Waals surface area contributed by atoms with Crippen LogP contribution in [0.5, 0.6) is 0 Å². The summed E-state index contributed by atoms with van der Waals surface area (Å²) in [5, 5.41) is -1.09. The van der Waals surface area contributed by atoms with Crippen molar-refractivity contribution in [2.45, 2.75) is 30.9 Å². The van der Waals surface area contributed by atoms with Gasteiger partial charge in [0.2, 0.25) is 11.8 Å². The van der Waals surface area contributed by atoms with E-state index >= 15 is 0 Å². The highest BCUT2D eigenvalue weighted by Crippen LogP contribution is 2.23. The maximum atomic E-state index is 12.9. The number of carbonyl (C=O) groups is 2. The quantitative estimate of drug-likeness (QED) is 0.769. The Labute approximate surface area is 155 Å². The van der Waals surface area contributed by atoms with E-state index in [9.17, 15) is 18.0 Å². The molecule has 2 aliphatic rings. The number of rotatable bonds is 5. The maximum Gasteiger partial charge on any atom is 0.241 e. The molecule has 0 radical (unpaired) electrons. The number of hydrogen-bond donors (Lipinski definition) is 0. The number of amides is 2. The van der Waals surface area contributed by atoms with Gasteiger partial charge in [-0.2, -0.15) is 0 Å². The Bertz CT molecular complexity index is 757. The highest BCUT2D eigenvalue weighted by Gasteiger charge is 2.39. The van der Waals surface area contributed by atoms with E-state index in [0.717, 1.165) is 37.8 Å². The van der Waals surface area contributed by atoms with Crippen molar-refractivity contribution >= 4 is 21.7 Å². The van der Waals surface area contributed by atoms with Crippen LogP contribution in [0, 0.1) is 5.92 Å². The minimum absolute atomic E-state index is 0.108. The van der Waals surface area contributed by atoms with Crippen molar-refractivity contribution in [1.82, 2.24) is 9.80 Å². The van der Waals surface area contributed by atoms with Gasteiger partial charge in [0, 0.05) is 32.4 Å². The second-order valence-electron chi connectivity index (χ2n) is 7.31. The molecule has 0 bridgehead atoms. The molecular formula is C19H26N2O4S. The average molecular weight is 378 g/mol. The lowest BCUT2D eigenvalue weighted by Crippen LogP contribution is -2.44. The van der Waals surface area contributed by atoms with Gasteiger partial charge in [-0.3, -0.25) is 9.59 Å². The summed E-state index contributed by atoms with van der Waals surface area (Å²) in [5.74, 6) is -0.473. The maximum absolute atomic E-state index is 12.9. The number of hydrogen-bond acceptors (Lipinski definition) is 4. The molecule has 0 N–H and O–H groups in total. The van der Waals surface area contributed by atoms with Crippen LogP contribution in [0.3, 0.4) is 0 Å². The zero-order valence-electron chi connectivity index (χ0n) is 15.1. The van der Waals surface area contributed by atoms with Gasteiger partial charge in [0.1, 0.15) is 5.25 Å². The van der Waals surface area contributed by atoms with Crippen LogP contribution in [0.25, 0.3) is 0 Å². The molecule has 3 rings (SSSR count). The van der Waals surface area contributed by atoms with Crippen LogP contribution in [0.1, 0.15) is 24.8 Å². The lowest BCUT2D eigenvalue weighted by Gasteiger charge is -2.23. The number of sulfone groups is 1. The molecule has 2 fully saturated rings. The summed E-state index contributed by atoms with van der Waals surface area (Å²) >= 11 is 0. The summed E-state index contributed by atoms with van der Waals surface area (Å²) in [4.78, 5) is 28.9. The van der Waals surface area contributed by atoms with Crippen LogP contribution < -0.4 is 0 Å². The summed E-state index contributed by atoms with van der Waals surface area (Å²) < 4.78 is 24.5. The molecule has 6 nitrogen and oxygen atoms in total. The third-order valence-corrected chi connectivity index (χ3v) is 6.73. The van der Waals surface area contributed by atoms with Crippen LogP contribution in [0.4, 0.5) is 0 Å². The van der Waals surface area contributed by atoms with E-state index in [1.165, 1.54) is 0 Å². The molecule has 2 aliphatic heterocycles. The van der Waals surface area contributed by atoms with E-state index in [1.807, 2.05) is 35.2 Å². The van der Waals surface area contributed by atoms with Gasteiger partial charge in [-0.1, -0.05) is 30.3 Å². The lowest BCUT2D eigenvalue weighted by atomic mass is 10.1. The summed E-state index contributed by atoms with van der Waals surface area (Å²) in [6, 6.07) is 9.18. The fourth-order valence-corrected chi connectivity index (χ4v) is 4.82. The molecule has 142 valence electrons. The third kappa shape index (κ3) is 4.26. The summed E-state index contributed by atoms with van der Waals surface area (Å²) in [5.41, 5.74) is 0.820. The second-order valence-corrected chi connectivity index (χ2v) is 9.54. The minimum Gasteiger partial charge on any atom is -0.342 e. The van der Waals surface area contributed by atoms with Gasteiger partial charge in [-0.05, 0) is 31.2 Å². The SMILES string of the molecule is CS(=O)(=O)C(Cc1ccccc1)C(=O)N1CCC(C(=O)N2CCCC2)C1. The van der Waals surface area contributed by atoms with Crippen LogP contribution in [-0.2, 0) is 25.8 Å². The van der Waals surface area contributed by atoms with Crippen LogP contribution in [0.2, 0.25) is 0 Å². The Morgan fingerprint density at radius 1 is 1.08 bits per heavy atom. The predicted octanol–water partition coefficient (Wildman–Crippen LogP) is 1.11. The molecule has 26 heavy (non-hydrogen) atoms. The highest BCUT2D eigenvalue weighted by atomic mass is 32.2. The summed E-state index contributed by atoms with van der Waals surface area (Å²) in [6.07, 6.45) is 3.97. The largest absolute Gasteiger partial charge is 0.342 e. The Kier molecular flexibility index (Phi) is 5.65. The molecule has 2 heterocycles. The molecular weight excluding hydrogens is 352 g/mol. The van der Waals surface area contributed by atoms with E-state index in [4.69, 9.17) is 0 Å². The molecule has 2 amide bonds. The van der Waals surface area contributed by atoms with Gasteiger partial charge in [-0.15, -0.1) is 0 Å². The molecule has 0 saturated carbocycles. The average Bonchev–Trinajstić information content (AvgIpc) is 3.30. The minimum atomic E-state index is -3.54. The first kappa shape index (κ1) is 18.9. The van der Waals surface area contributed by atoms with Gasteiger partial charge < -0.3 is 9.80 Å². The van der Waals surface area contributed by atoms with Crippen molar-refractivity contribution in [2.24, 2.45) is 5.92 Å². The van der Waals surface area contributed by atoms with Crippen LogP contribution in [-0.4, -0.2) is 67.7 Å². The molecule has 1 aromatic carbocycles. The van der Waals surface area contributed by atoms with Gasteiger partial charge >= 0.3 is 0 Å². The molecule has 0 aromatic heterocycles. The van der Waals surface area contributed by atoms with Gasteiger partial charge in [0.15, 0.2) is 9.84 Å². The fraction of sp³-hybridized carbons (Fsp3) is 0.579. The van der Waals surface area contributed by atoms with Crippen LogP contribution in [0.15, 0.2) is 30.3 Å². The molecule has 0 spiro atoms. The number of nitrogens with zero attached hydrogens (tertiary/aromatic N) is 2. The molecule has 1 aromatic rings. The molecule has 2 saturated heterocycles. The number of benzene rings is 1. The zero-order chi connectivity index (χ0) is 18.7. The van der Waals surface area contributed by atoms with E-state index in [0.29, 0.717) is 19.5 Å². The van der Waals surface area contributed by atoms with Crippen molar-refractivity contribution in [3.63, 3.8) is 0 Å². The van der Waals surface area contributed by atoms with Crippen LogP contribution >= 0.6 is 0 Å². The molecule has 7 heteroatoms. The third-order valence-electron chi connectivity index (χ3n) is 5.32. The van der Waals surface area contributed by atoms with Gasteiger partial charge in [0.05, 0.1) is 5.92 Å². The number of likely N-dealkylation sites (tertiary alicyclic amines) is 2. The lowest BCUT2D eigenvalue weighted by molar-refractivity contribution is -0.134. The van der Waals surface area contributed by atoms with E-state index in [1.54, 1.807) is 4.90 Å². The standard InChI is InChI=1S/C19H26N2O4S/c1-26(24,25)17(13-15-7-3-2-4-8-15)19(23)21-12-9-16(14-21)18(22)20-10-5-6-11-20/h2-4,7-8,16-17H,5-6,9-14H2,1H3. The predicted molar refractivity (Wildman–Crippen MR) is 99.3 cm³/mol. The fourth-order valence-electron chi connectivity index (χ4n) is 3.81. The Morgan fingerprint density at radius 3 is 2.35 bits per heavy atom. The normalized spacial score (nSPS) is 21.8. The number of carbonyl (C=O) groups excluding carboxylic acids is 2. The van der Waals surface area contributed by atoms with Gasteiger partial charge in [0.25, 0.3) is 0 Å². The summed E-state index contributed by atoms with van der Waals surface area (Å²) in [7, 11) is -3.54. The Hall–Kier alpha value is -1.89. The topological polar surface area (TPSA) is 74.8 Å². The molecule has 2 unspecified atom stereocenters. The summed E-state index contributed by atoms with van der Waals surface area (Å²) in [6.45, 7) is 2.37. The Balaban J connectivity index is 1.68. The van der Waals surface area contributed by atoms with E-state index < -0.39 is 15.1 Å². The second kappa shape index (κ2) is 7.78. The van der Waals surface area contributed by atoms with Crippen molar-refractivity contribution in [2.75, 3.05) is 32.4 Å². The van der Waals surface area contributed by atoms with Crippen molar-refractivity contribution in [1.29, 1.82) is 0 Å². The zero-order valence-corrected chi connectivity index (χ0v) is 16.0. The van der Waals surface area contributed by atoms with Gasteiger partial charge in [-0.25, -0.2) is 8.42 Å². The van der Waals surface area contributed by atoms with E-state index in [-0.39, 0.29) is 24.2 Å². The highest BCUT2D eigenvalue weighted by molar-refractivity contribution is 7.92. The van der Waals surface area contributed by atoms with Crippen molar-refractivity contribution in [3.8, 4) is 0 Å². The first-order chi connectivity index (χ1) is 12.4. The smallest absolute Gasteiger partial charge is 0.241 e. The first-order valence-corrected chi connectivity index (χ1v) is 11.1. The van der Waals surface area contributed by atoms with Crippen molar-refractivity contribution in [3.05, 3.63) is 35.9 Å². The monoisotopic (exact) mass is 378 g/mol. The molecule has 2 atom stereocenters. The van der Waals surface area contributed by atoms with E-state index in [2.05, 4.69) is 0 Å².